The number of phenols is 1. The van der Waals surface area contributed by atoms with E-state index < -0.39 is 19.4 Å². The van der Waals surface area contributed by atoms with Gasteiger partial charge in [0, 0.05) is 11.5 Å². The maximum Gasteiger partial charge on any atom is 0.473 e. The van der Waals surface area contributed by atoms with Crippen molar-refractivity contribution in [3.05, 3.63) is 47.1 Å². The standard InChI is InChI=1S/C29H43O7P/c1-7-9-22-17-25(30)27(24-16-21(6)10-11-23(24)20(4)5)26(18-22)35-28(31)29(13-8-14-29)36-37(32,33)34-15-12-19(2)3/h16-19,23-24,30H,4,7-15H2,1-3,5-6H3,(H,32,33)/t23-,24+/m0/s1. The molecule has 0 radical (unpaired) electrons. The molecule has 0 aromatic heterocycles. The molecule has 1 aromatic rings. The molecule has 0 bridgehead atoms. The largest absolute Gasteiger partial charge is 0.507 e. The maximum absolute atomic E-state index is 13.5. The number of aromatic hydroxyl groups is 1. The van der Waals surface area contributed by atoms with Gasteiger partial charge in [-0.1, -0.05) is 51.0 Å². The summed E-state index contributed by atoms with van der Waals surface area (Å²) in [6.07, 6.45) is 7.30. The summed E-state index contributed by atoms with van der Waals surface area (Å²) in [5, 5.41) is 11.2. The molecule has 1 saturated carbocycles. The molecule has 2 aliphatic carbocycles. The minimum absolute atomic E-state index is 0.0588. The van der Waals surface area contributed by atoms with E-state index in [9.17, 15) is 19.4 Å². The van der Waals surface area contributed by atoms with Gasteiger partial charge in [0.2, 0.25) is 0 Å². The van der Waals surface area contributed by atoms with Crippen molar-refractivity contribution in [1.29, 1.82) is 0 Å². The van der Waals surface area contributed by atoms with Gasteiger partial charge in [-0.05, 0) is 88.3 Å². The summed E-state index contributed by atoms with van der Waals surface area (Å²) in [4.78, 5) is 23.9. The van der Waals surface area contributed by atoms with E-state index in [-0.39, 0.29) is 42.8 Å². The van der Waals surface area contributed by atoms with Crippen LogP contribution >= 0.6 is 7.82 Å². The molecule has 0 aliphatic heterocycles. The fourth-order valence-electron chi connectivity index (χ4n) is 5.10. The molecule has 8 heteroatoms. The van der Waals surface area contributed by atoms with Crippen molar-refractivity contribution < 1.29 is 33.1 Å². The van der Waals surface area contributed by atoms with Crippen LogP contribution < -0.4 is 4.74 Å². The van der Waals surface area contributed by atoms with Gasteiger partial charge in [-0.2, -0.15) is 0 Å². The normalized spacial score (nSPS) is 22.6. The number of ether oxygens (including phenoxy) is 1. The molecule has 3 rings (SSSR count). The summed E-state index contributed by atoms with van der Waals surface area (Å²) in [5.74, 6) is -0.220. The molecule has 2 aliphatic rings. The van der Waals surface area contributed by atoms with Crippen LogP contribution in [-0.4, -0.2) is 28.2 Å². The zero-order valence-corrected chi connectivity index (χ0v) is 23.8. The van der Waals surface area contributed by atoms with E-state index in [2.05, 4.69) is 19.6 Å². The molecule has 37 heavy (non-hydrogen) atoms. The lowest BCUT2D eigenvalue weighted by molar-refractivity contribution is -0.162. The van der Waals surface area contributed by atoms with Crippen LogP contribution in [0.25, 0.3) is 0 Å². The van der Waals surface area contributed by atoms with Gasteiger partial charge in [0.25, 0.3) is 0 Å². The summed E-state index contributed by atoms with van der Waals surface area (Å²) in [7, 11) is -4.46. The number of carbonyl (C=O) groups is 1. The molecule has 1 aromatic carbocycles. The van der Waals surface area contributed by atoms with Gasteiger partial charge in [-0.15, -0.1) is 0 Å². The highest BCUT2D eigenvalue weighted by molar-refractivity contribution is 7.47. The Morgan fingerprint density at radius 2 is 2.00 bits per heavy atom. The number of carbonyl (C=O) groups excluding carboxylic acids is 1. The highest BCUT2D eigenvalue weighted by Gasteiger charge is 2.52. The van der Waals surface area contributed by atoms with Crippen molar-refractivity contribution in [2.75, 3.05) is 6.61 Å². The van der Waals surface area contributed by atoms with E-state index in [4.69, 9.17) is 13.8 Å². The smallest absolute Gasteiger partial charge is 0.473 e. The fourth-order valence-corrected chi connectivity index (χ4v) is 6.19. The number of rotatable bonds is 12. The van der Waals surface area contributed by atoms with Gasteiger partial charge in [0.05, 0.1) is 6.61 Å². The number of phosphoric ester groups is 1. The second-order valence-corrected chi connectivity index (χ2v) is 12.5. The van der Waals surface area contributed by atoms with E-state index in [1.165, 1.54) is 5.57 Å². The lowest BCUT2D eigenvalue weighted by Gasteiger charge is -2.39. The van der Waals surface area contributed by atoms with Crippen LogP contribution in [-0.2, 0) is 24.8 Å². The van der Waals surface area contributed by atoms with E-state index in [0.29, 0.717) is 30.7 Å². The van der Waals surface area contributed by atoms with Crippen LogP contribution in [0.4, 0.5) is 0 Å². The van der Waals surface area contributed by atoms with Crippen molar-refractivity contribution in [3.63, 3.8) is 0 Å². The quantitative estimate of drug-likeness (QED) is 0.125. The molecule has 0 spiro atoms. The molecule has 1 unspecified atom stereocenters. The first-order valence-corrected chi connectivity index (χ1v) is 15.0. The zero-order chi connectivity index (χ0) is 27.4. The van der Waals surface area contributed by atoms with Gasteiger partial charge in [-0.25, -0.2) is 9.36 Å². The number of esters is 1. The summed E-state index contributed by atoms with van der Waals surface area (Å²) >= 11 is 0. The van der Waals surface area contributed by atoms with E-state index in [1.54, 1.807) is 12.1 Å². The first-order valence-electron chi connectivity index (χ1n) is 13.5. The SMILES string of the molecule is C=C(C)[C@@H]1CCC(C)=C[C@H]1c1c(O)cc(CCC)cc1OC(=O)C1(OP(=O)(O)OCCC(C)C)CCC1. The number of phosphoric acid groups is 1. The van der Waals surface area contributed by atoms with Crippen LogP contribution in [0.5, 0.6) is 11.5 Å². The highest BCUT2D eigenvalue weighted by Crippen LogP contribution is 2.54. The average molecular weight is 535 g/mol. The average Bonchev–Trinajstić information content (AvgIpc) is 2.75. The predicted molar refractivity (Wildman–Crippen MR) is 145 cm³/mol. The molecule has 7 nitrogen and oxygen atoms in total. The highest BCUT2D eigenvalue weighted by atomic mass is 31.2. The topological polar surface area (TPSA) is 102 Å². The summed E-state index contributed by atoms with van der Waals surface area (Å²) in [5.41, 5.74) is 2.04. The summed E-state index contributed by atoms with van der Waals surface area (Å²) in [6.45, 7) is 14.3. The second kappa shape index (κ2) is 12.3. The number of phenolic OH excluding ortho intramolecular Hbond substituents is 1. The van der Waals surface area contributed by atoms with Gasteiger partial charge in [0.15, 0.2) is 5.60 Å². The third kappa shape index (κ3) is 7.35. The van der Waals surface area contributed by atoms with E-state index in [1.807, 2.05) is 27.7 Å². The molecular formula is C29H43O7P. The lowest BCUT2D eigenvalue weighted by Crippen LogP contribution is -2.49. The van der Waals surface area contributed by atoms with Crippen LogP contribution in [0.2, 0.25) is 0 Å². The molecule has 0 saturated heterocycles. The van der Waals surface area contributed by atoms with Gasteiger partial charge >= 0.3 is 13.8 Å². The molecule has 3 atom stereocenters. The van der Waals surface area contributed by atoms with Crippen molar-refractivity contribution in [3.8, 4) is 11.5 Å². The fraction of sp³-hybridized carbons (Fsp3) is 0.621. The lowest BCUT2D eigenvalue weighted by atomic mass is 9.73. The van der Waals surface area contributed by atoms with Crippen molar-refractivity contribution in [2.45, 2.75) is 97.5 Å². The van der Waals surface area contributed by atoms with Crippen molar-refractivity contribution >= 4 is 13.8 Å². The third-order valence-electron chi connectivity index (χ3n) is 7.41. The maximum atomic E-state index is 13.5. The Hall–Kier alpha value is -1.92. The number of hydrogen-bond donors (Lipinski definition) is 2. The molecule has 2 N–H and O–H groups in total. The van der Waals surface area contributed by atoms with Crippen LogP contribution in [0.3, 0.4) is 0 Å². The summed E-state index contributed by atoms with van der Waals surface area (Å²) in [6, 6.07) is 3.54. The number of hydrogen-bond acceptors (Lipinski definition) is 6. The Morgan fingerprint density at radius 3 is 2.57 bits per heavy atom. The third-order valence-corrected chi connectivity index (χ3v) is 8.50. The summed E-state index contributed by atoms with van der Waals surface area (Å²) < 4.78 is 29.2. The Labute approximate surface area is 221 Å². The Kier molecular flexibility index (Phi) is 9.85. The van der Waals surface area contributed by atoms with E-state index >= 15 is 0 Å². The van der Waals surface area contributed by atoms with Gasteiger partial charge in [0.1, 0.15) is 11.5 Å². The first-order chi connectivity index (χ1) is 17.4. The molecular weight excluding hydrogens is 491 g/mol. The molecule has 1 fully saturated rings. The zero-order valence-electron chi connectivity index (χ0n) is 22.9. The minimum atomic E-state index is -4.46. The van der Waals surface area contributed by atoms with Crippen molar-refractivity contribution in [1.82, 2.24) is 0 Å². The molecule has 206 valence electrons. The van der Waals surface area contributed by atoms with Gasteiger partial charge in [-0.3, -0.25) is 9.05 Å². The molecule has 0 heterocycles. The molecule has 0 amide bonds. The number of aryl methyl sites for hydroxylation is 1. The van der Waals surface area contributed by atoms with Crippen LogP contribution in [0, 0.1) is 11.8 Å². The number of allylic oxidation sites excluding steroid dienone is 3. The first kappa shape index (κ1) is 29.6. The monoisotopic (exact) mass is 534 g/mol. The predicted octanol–water partition coefficient (Wildman–Crippen LogP) is 7.37. The second-order valence-electron chi connectivity index (χ2n) is 11.1. The Morgan fingerprint density at radius 1 is 1.30 bits per heavy atom. The van der Waals surface area contributed by atoms with E-state index in [0.717, 1.165) is 30.4 Å². The minimum Gasteiger partial charge on any atom is -0.507 e. The Bertz CT molecular complexity index is 1070. The van der Waals surface area contributed by atoms with Crippen LogP contribution in [0.15, 0.2) is 35.9 Å². The van der Waals surface area contributed by atoms with Gasteiger partial charge < -0.3 is 14.7 Å². The van der Waals surface area contributed by atoms with Crippen LogP contribution in [0.1, 0.15) is 96.6 Å². The number of benzene rings is 1. The Balaban J connectivity index is 1.94. The van der Waals surface area contributed by atoms with Crippen molar-refractivity contribution in [2.24, 2.45) is 11.8 Å².